The Labute approximate surface area is 140 Å². The number of methoxy groups -OCH3 is 1. The van der Waals surface area contributed by atoms with Crippen LogP contribution in [0.2, 0.25) is 0 Å². The summed E-state index contributed by atoms with van der Waals surface area (Å²) in [6, 6.07) is 0. The third-order valence-electron chi connectivity index (χ3n) is 5.10. The number of rotatable bonds is 6. The molecule has 2 aliphatic rings. The summed E-state index contributed by atoms with van der Waals surface area (Å²) in [5.74, 6) is -0.464. The number of hydrogen-bond donors (Lipinski definition) is 1. The van der Waals surface area contributed by atoms with Gasteiger partial charge in [-0.1, -0.05) is 0 Å². The Kier molecular flexibility index (Phi) is 4.86. The molecule has 0 saturated carbocycles. The number of ether oxygens (including phenoxy) is 2. The van der Waals surface area contributed by atoms with Crippen LogP contribution in [-0.2, 0) is 20.8 Å². The number of hydrogen-bond acceptors (Lipinski definition) is 5. The van der Waals surface area contributed by atoms with E-state index in [2.05, 4.69) is 5.10 Å². The van der Waals surface area contributed by atoms with Crippen LogP contribution >= 0.6 is 0 Å². The molecule has 0 aliphatic carbocycles. The average molecular weight is 336 g/mol. The fourth-order valence-corrected chi connectivity index (χ4v) is 3.66. The van der Waals surface area contributed by atoms with Crippen molar-refractivity contribution >= 4 is 11.8 Å². The van der Waals surface area contributed by atoms with Gasteiger partial charge >= 0.3 is 0 Å². The van der Waals surface area contributed by atoms with E-state index in [0.29, 0.717) is 51.4 Å². The lowest BCUT2D eigenvalue weighted by Crippen LogP contribution is -2.48. The first-order chi connectivity index (χ1) is 11.6. The second-order valence-corrected chi connectivity index (χ2v) is 6.57. The van der Waals surface area contributed by atoms with Crippen LogP contribution in [0, 0.1) is 11.3 Å². The molecule has 0 aromatic carbocycles. The Morgan fingerprint density at radius 2 is 2.38 bits per heavy atom. The zero-order chi connectivity index (χ0) is 17.2. The van der Waals surface area contributed by atoms with E-state index in [9.17, 15) is 9.59 Å². The highest BCUT2D eigenvalue weighted by Crippen LogP contribution is 2.42. The zero-order valence-electron chi connectivity index (χ0n) is 13.9. The van der Waals surface area contributed by atoms with E-state index in [0.717, 1.165) is 6.42 Å². The number of amides is 2. The van der Waals surface area contributed by atoms with E-state index in [1.54, 1.807) is 29.1 Å². The van der Waals surface area contributed by atoms with E-state index in [1.165, 1.54) is 0 Å². The van der Waals surface area contributed by atoms with Gasteiger partial charge in [0.2, 0.25) is 5.91 Å². The second kappa shape index (κ2) is 6.90. The second-order valence-electron chi connectivity index (χ2n) is 6.57. The Morgan fingerprint density at radius 3 is 3.08 bits per heavy atom. The average Bonchev–Trinajstić information content (AvgIpc) is 3.19. The minimum Gasteiger partial charge on any atom is -0.385 e. The quantitative estimate of drug-likeness (QED) is 0.730. The lowest BCUT2D eigenvalue weighted by atomic mass is 9.74. The molecule has 0 unspecified atom stereocenters. The number of nitrogens with two attached hydrogens (primary N) is 1. The van der Waals surface area contributed by atoms with Crippen molar-refractivity contribution < 1.29 is 19.1 Å². The van der Waals surface area contributed by atoms with Crippen molar-refractivity contribution in [3.05, 3.63) is 18.0 Å². The highest BCUT2D eigenvalue weighted by molar-refractivity contribution is 5.95. The summed E-state index contributed by atoms with van der Waals surface area (Å²) in [7, 11) is 1.66. The van der Waals surface area contributed by atoms with Gasteiger partial charge in [-0.05, 0) is 12.8 Å². The summed E-state index contributed by atoms with van der Waals surface area (Å²) in [4.78, 5) is 26.5. The van der Waals surface area contributed by atoms with Crippen LogP contribution in [0.15, 0.2) is 12.4 Å². The summed E-state index contributed by atoms with van der Waals surface area (Å²) in [6.45, 7) is 3.20. The van der Waals surface area contributed by atoms with Crippen molar-refractivity contribution in [2.24, 2.45) is 17.1 Å². The van der Waals surface area contributed by atoms with Crippen molar-refractivity contribution in [1.29, 1.82) is 0 Å². The molecule has 2 N–H and O–H groups in total. The van der Waals surface area contributed by atoms with Crippen LogP contribution in [0.1, 0.15) is 23.2 Å². The first kappa shape index (κ1) is 16.9. The predicted molar refractivity (Wildman–Crippen MR) is 85.2 cm³/mol. The van der Waals surface area contributed by atoms with Gasteiger partial charge in [0.05, 0.1) is 23.8 Å². The fourth-order valence-electron chi connectivity index (χ4n) is 3.66. The predicted octanol–water partition coefficient (Wildman–Crippen LogP) is -0.116. The van der Waals surface area contributed by atoms with Gasteiger partial charge in [0, 0.05) is 52.1 Å². The summed E-state index contributed by atoms with van der Waals surface area (Å²) in [5, 5.41) is 4.22. The first-order valence-electron chi connectivity index (χ1n) is 8.25. The Balaban J connectivity index is 1.69. The molecule has 0 spiro atoms. The van der Waals surface area contributed by atoms with Crippen molar-refractivity contribution in [2.75, 3.05) is 40.0 Å². The molecule has 3 heterocycles. The molecule has 1 aromatic heterocycles. The molecule has 132 valence electrons. The number of fused-ring (bicyclic) bond motifs is 1. The Hall–Kier alpha value is -1.93. The van der Waals surface area contributed by atoms with Gasteiger partial charge in [0.1, 0.15) is 0 Å². The summed E-state index contributed by atoms with van der Waals surface area (Å²) < 4.78 is 12.2. The molecule has 0 bridgehead atoms. The lowest BCUT2D eigenvalue weighted by molar-refractivity contribution is -0.135. The third-order valence-corrected chi connectivity index (χ3v) is 5.10. The van der Waals surface area contributed by atoms with Gasteiger partial charge in [-0.3, -0.25) is 14.3 Å². The monoisotopic (exact) mass is 336 g/mol. The van der Waals surface area contributed by atoms with Crippen LogP contribution in [0.5, 0.6) is 0 Å². The van der Waals surface area contributed by atoms with Crippen LogP contribution in [0.4, 0.5) is 0 Å². The van der Waals surface area contributed by atoms with Crippen molar-refractivity contribution in [2.45, 2.75) is 19.4 Å². The molecule has 24 heavy (non-hydrogen) atoms. The van der Waals surface area contributed by atoms with Gasteiger partial charge in [0.15, 0.2) is 0 Å². The first-order valence-corrected chi connectivity index (χ1v) is 8.25. The van der Waals surface area contributed by atoms with Crippen molar-refractivity contribution in [3.63, 3.8) is 0 Å². The third kappa shape index (κ3) is 3.03. The van der Waals surface area contributed by atoms with Gasteiger partial charge in [-0.25, -0.2) is 0 Å². The van der Waals surface area contributed by atoms with E-state index in [4.69, 9.17) is 15.2 Å². The van der Waals surface area contributed by atoms with E-state index >= 15 is 0 Å². The number of likely N-dealkylation sites (tertiary alicyclic amines) is 1. The van der Waals surface area contributed by atoms with Gasteiger partial charge < -0.3 is 20.1 Å². The molecule has 2 atom stereocenters. The molecule has 3 rings (SSSR count). The highest BCUT2D eigenvalue weighted by atomic mass is 16.5. The SMILES string of the molecule is COCCCn1cc(C(=O)N2C[C@@H]3COCC[C@]3(C(N)=O)C2)cn1. The lowest BCUT2D eigenvalue weighted by Gasteiger charge is -2.34. The molecule has 2 saturated heterocycles. The summed E-state index contributed by atoms with van der Waals surface area (Å²) >= 11 is 0. The Morgan fingerprint density at radius 1 is 1.54 bits per heavy atom. The van der Waals surface area contributed by atoms with Crippen LogP contribution in [0.25, 0.3) is 0 Å². The number of carbonyl (C=O) groups excluding carboxylic acids is 2. The molecule has 2 fully saturated rings. The van der Waals surface area contributed by atoms with Crippen molar-refractivity contribution in [3.8, 4) is 0 Å². The maximum absolute atomic E-state index is 12.8. The summed E-state index contributed by atoms with van der Waals surface area (Å²) in [6.07, 6.45) is 4.73. The molecular weight excluding hydrogens is 312 g/mol. The minimum absolute atomic E-state index is 0.0237. The molecule has 2 amide bonds. The van der Waals surface area contributed by atoms with Gasteiger partial charge in [-0.15, -0.1) is 0 Å². The largest absolute Gasteiger partial charge is 0.385 e. The normalized spacial score (nSPS) is 26.4. The van der Waals surface area contributed by atoms with E-state index in [1.807, 2.05) is 0 Å². The van der Waals surface area contributed by atoms with Gasteiger partial charge in [0.25, 0.3) is 5.91 Å². The van der Waals surface area contributed by atoms with E-state index < -0.39 is 5.41 Å². The molecular formula is C16H24N4O4. The van der Waals surface area contributed by atoms with Gasteiger partial charge in [-0.2, -0.15) is 5.10 Å². The number of primary amides is 1. The van der Waals surface area contributed by atoms with Crippen LogP contribution in [0.3, 0.4) is 0 Å². The van der Waals surface area contributed by atoms with Crippen LogP contribution in [-0.4, -0.2) is 66.5 Å². The highest BCUT2D eigenvalue weighted by Gasteiger charge is 2.53. The molecule has 8 heteroatoms. The molecule has 1 aromatic rings. The smallest absolute Gasteiger partial charge is 0.257 e. The number of carbonyl (C=O) groups is 2. The molecule has 8 nitrogen and oxygen atoms in total. The maximum Gasteiger partial charge on any atom is 0.257 e. The van der Waals surface area contributed by atoms with E-state index in [-0.39, 0.29) is 17.7 Å². The minimum atomic E-state index is -0.650. The topological polar surface area (TPSA) is 99.7 Å². The molecule has 2 aliphatic heterocycles. The number of aromatic nitrogens is 2. The van der Waals surface area contributed by atoms with Crippen LogP contribution < -0.4 is 5.73 Å². The Bertz CT molecular complexity index is 617. The fraction of sp³-hybridized carbons (Fsp3) is 0.688. The zero-order valence-corrected chi connectivity index (χ0v) is 13.9. The number of nitrogens with zero attached hydrogens (tertiary/aromatic N) is 3. The standard InChI is InChI=1S/C16H24N4O4/c1-23-5-2-4-20-8-12(7-18-20)14(21)19-9-13-10-24-6-3-16(13,11-19)15(17)22/h7-8,13H,2-6,9-11H2,1H3,(H2,17,22)/t13-,16+/m1/s1. The maximum atomic E-state index is 12.8. The summed E-state index contributed by atoms with van der Waals surface area (Å²) in [5.41, 5.74) is 5.54. The van der Waals surface area contributed by atoms with Crippen molar-refractivity contribution in [1.82, 2.24) is 14.7 Å². The number of aryl methyl sites for hydroxylation is 1. The molecule has 0 radical (unpaired) electrons.